The largest absolute Gasteiger partial charge is 0.497 e. The summed E-state index contributed by atoms with van der Waals surface area (Å²) in [5.74, 6) is 0.468. The number of carbonyl (C=O) groups excluding carboxylic acids is 1. The third-order valence-corrected chi connectivity index (χ3v) is 2.59. The van der Waals surface area contributed by atoms with Gasteiger partial charge in [0.2, 0.25) is 0 Å². The van der Waals surface area contributed by atoms with E-state index in [1.54, 1.807) is 49.6 Å². The Morgan fingerprint density at radius 2 is 1.63 bits per heavy atom. The van der Waals surface area contributed by atoms with Gasteiger partial charge < -0.3 is 21.5 Å². The van der Waals surface area contributed by atoms with Gasteiger partial charge in [-0.05, 0) is 42.5 Å². The van der Waals surface area contributed by atoms with Gasteiger partial charge in [-0.25, -0.2) is 0 Å². The molecule has 0 fully saturated rings. The fourth-order valence-corrected chi connectivity index (χ4v) is 1.69. The van der Waals surface area contributed by atoms with Crippen LogP contribution in [0.3, 0.4) is 0 Å². The molecule has 0 saturated heterocycles. The van der Waals surface area contributed by atoms with Crippen molar-refractivity contribution in [1.29, 1.82) is 0 Å². The molecule has 0 atom stereocenters. The number of methoxy groups -OCH3 is 1. The van der Waals surface area contributed by atoms with E-state index in [0.29, 0.717) is 22.6 Å². The van der Waals surface area contributed by atoms with Gasteiger partial charge in [0.05, 0.1) is 7.11 Å². The molecule has 0 aromatic heterocycles. The molecule has 2 aromatic rings. The van der Waals surface area contributed by atoms with Crippen LogP contribution in [0, 0.1) is 0 Å². The summed E-state index contributed by atoms with van der Waals surface area (Å²) in [6, 6.07) is 11.8. The number of hydrogen-bond donors (Lipinski definition) is 3. The first kappa shape index (κ1) is 12.8. The molecule has 19 heavy (non-hydrogen) atoms. The van der Waals surface area contributed by atoms with Crippen LogP contribution >= 0.6 is 0 Å². The lowest BCUT2D eigenvalue weighted by molar-refractivity contribution is 0.102. The molecule has 0 spiro atoms. The summed E-state index contributed by atoms with van der Waals surface area (Å²) in [5.41, 5.74) is 13.3. The van der Waals surface area contributed by atoms with E-state index < -0.39 is 0 Å². The lowest BCUT2D eigenvalue weighted by Gasteiger charge is -2.07. The van der Waals surface area contributed by atoms with Gasteiger partial charge in [-0.2, -0.15) is 0 Å². The summed E-state index contributed by atoms with van der Waals surface area (Å²) in [7, 11) is 1.59. The Labute approximate surface area is 111 Å². The highest BCUT2D eigenvalue weighted by molar-refractivity contribution is 6.05. The van der Waals surface area contributed by atoms with Crippen molar-refractivity contribution in [3.63, 3.8) is 0 Å². The molecule has 0 unspecified atom stereocenters. The van der Waals surface area contributed by atoms with Crippen LogP contribution in [-0.2, 0) is 0 Å². The highest BCUT2D eigenvalue weighted by Gasteiger charge is 2.07. The van der Waals surface area contributed by atoms with Crippen molar-refractivity contribution in [2.24, 2.45) is 0 Å². The van der Waals surface area contributed by atoms with E-state index in [1.165, 1.54) is 0 Å². The molecule has 98 valence electrons. The van der Waals surface area contributed by atoms with Crippen LogP contribution in [0.15, 0.2) is 42.5 Å². The fraction of sp³-hybridized carbons (Fsp3) is 0.0714. The van der Waals surface area contributed by atoms with Gasteiger partial charge in [-0.1, -0.05) is 0 Å². The number of hydrogen-bond acceptors (Lipinski definition) is 4. The number of amides is 1. The smallest absolute Gasteiger partial charge is 0.255 e. The van der Waals surface area contributed by atoms with E-state index in [4.69, 9.17) is 16.2 Å². The Kier molecular flexibility index (Phi) is 3.56. The van der Waals surface area contributed by atoms with Crippen LogP contribution in [0.5, 0.6) is 5.75 Å². The fourth-order valence-electron chi connectivity index (χ4n) is 1.69. The number of nitrogen functional groups attached to an aromatic ring is 2. The van der Waals surface area contributed by atoms with E-state index in [2.05, 4.69) is 5.32 Å². The predicted octanol–water partition coefficient (Wildman–Crippen LogP) is 2.11. The number of ether oxygens (including phenoxy) is 1. The highest BCUT2D eigenvalue weighted by Crippen LogP contribution is 2.18. The van der Waals surface area contributed by atoms with Gasteiger partial charge in [-0.15, -0.1) is 0 Å². The van der Waals surface area contributed by atoms with E-state index in [0.717, 1.165) is 5.75 Å². The van der Waals surface area contributed by atoms with Crippen molar-refractivity contribution < 1.29 is 9.53 Å². The summed E-state index contributed by atoms with van der Waals surface area (Å²) in [6.07, 6.45) is 0. The van der Waals surface area contributed by atoms with Crippen LogP contribution in [-0.4, -0.2) is 13.0 Å². The number of rotatable bonds is 3. The van der Waals surface area contributed by atoms with Gasteiger partial charge in [0, 0.05) is 22.6 Å². The van der Waals surface area contributed by atoms with Crippen LogP contribution in [0.25, 0.3) is 0 Å². The molecule has 0 heterocycles. The molecule has 2 rings (SSSR count). The topological polar surface area (TPSA) is 90.4 Å². The SMILES string of the molecule is COc1ccc(NC(=O)c2cc(N)cc(N)c2)cc1. The second-order valence-electron chi connectivity index (χ2n) is 4.07. The van der Waals surface area contributed by atoms with Crippen LogP contribution in [0.4, 0.5) is 17.1 Å². The zero-order valence-corrected chi connectivity index (χ0v) is 10.5. The second kappa shape index (κ2) is 5.30. The third kappa shape index (κ3) is 3.16. The summed E-state index contributed by atoms with van der Waals surface area (Å²) in [6.45, 7) is 0. The van der Waals surface area contributed by atoms with Gasteiger partial charge in [-0.3, -0.25) is 4.79 Å². The summed E-state index contributed by atoms with van der Waals surface area (Å²) < 4.78 is 5.04. The molecule has 0 aliphatic heterocycles. The number of benzene rings is 2. The van der Waals surface area contributed by atoms with Gasteiger partial charge in [0.25, 0.3) is 5.91 Å². The molecule has 1 amide bonds. The van der Waals surface area contributed by atoms with Gasteiger partial charge in [0.1, 0.15) is 5.75 Å². The first-order valence-electron chi connectivity index (χ1n) is 5.70. The van der Waals surface area contributed by atoms with Gasteiger partial charge >= 0.3 is 0 Å². The number of nitrogens with two attached hydrogens (primary N) is 2. The molecule has 0 radical (unpaired) electrons. The standard InChI is InChI=1S/C14H15N3O2/c1-19-13-4-2-12(3-5-13)17-14(18)9-6-10(15)8-11(16)7-9/h2-8H,15-16H2,1H3,(H,17,18). The van der Waals surface area contributed by atoms with Crippen LogP contribution in [0.2, 0.25) is 0 Å². The minimum absolute atomic E-state index is 0.260. The monoisotopic (exact) mass is 257 g/mol. The zero-order chi connectivity index (χ0) is 13.8. The molecule has 5 nitrogen and oxygen atoms in total. The van der Waals surface area contributed by atoms with Crippen LogP contribution in [0.1, 0.15) is 10.4 Å². The highest BCUT2D eigenvalue weighted by atomic mass is 16.5. The summed E-state index contributed by atoms with van der Waals surface area (Å²) in [4.78, 5) is 12.0. The number of carbonyl (C=O) groups is 1. The second-order valence-corrected chi connectivity index (χ2v) is 4.07. The maximum Gasteiger partial charge on any atom is 0.255 e. The third-order valence-electron chi connectivity index (χ3n) is 2.59. The van der Waals surface area contributed by atoms with Crippen molar-refractivity contribution >= 4 is 23.0 Å². The van der Waals surface area contributed by atoms with E-state index in [9.17, 15) is 4.79 Å². The Bertz CT molecular complexity index is 574. The first-order valence-corrected chi connectivity index (χ1v) is 5.70. The molecular weight excluding hydrogens is 242 g/mol. The van der Waals surface area contributed by atoms with Crippen molar-refractivity contribution in [2.45, 2.75) is 0 Å². The number of anilines is 3. The van der Waals surface area contributed by atoms with E-state index >= 15 is 0 Å². The molecule has 5 heteroatoms. The van der Waals surface area contributed by atoms with Crippen molar-refractivity contribution in [1.82, 2.24) is 0 Å². The van der Waals surface area contributed by atoms with E-state index in [-0.39, 0.29) is 5.91 Å². The maximum absolute atomic E-state index is 12.0. The molecular formula is C14H15N3O2. The summed E-state index contributed by atoms with van der Waals surface area (Å²) >= 11 is 0. The van der Waals surface area contributed by atoms with Crippen molar-refractivity contribution in [3.8, 4) is 5.75 Å². The predicted molar refractivity (Wildman–Crippen MR) is 76.2 cm³/mol. The zero-order valence-electron chi connectivity index (χ0n) is 10.5. The Morgan fingerprint density at radius 3 is 2.16 bits per heavy atom. The van der Waals surface area contributed by atoms with Crippen molar-refractivity contribution in [2.75, 3.05) is 23.9 Å². The molecule has 5 N–H and O–H groups in total. The molecule has 0 aliphatic carbocycles. The number of nitrogens with one attached hydrogen (secondary N) is 1. The van der Waals surface area contributed by atoms with Crippen LogP contribution < -0.4 is 21.5 Å². The molecule has 2 aromatic carbocycles. The van der Waals surface area contributed by atoms with Gasteiger partial charge in [0.15, 0.2) is 0 Å². The average molecular weight is 257 g/mol. The first-order chi connectivity index (χ1) is 9.08. The molecule has 0 aliphatic rings. The minimum atomic E-state index is -0.260. The van der Waals surface area contributed by atoms with Crippen molar-refractivity contribution in [3.05, 3.63) is 48.0 Å². The maximum atomic E-state index is 12.0. The Hall–Kier alpha value is -2.69. The average Bonchev–Trinajstić information content (AvgIpc) is 2.38. The lowest BCUT2D eigenvalue weighted by Crippen LogP contribution is -2.12. The van der Waals surface area contributed by atoms with E-state index in [1.807, 2.05) is 0 Å². The lowest BCUT2D eigenvalue weighted by atomic mass is 10.1. The molecule has 0 bridgehead atoms. The Morgan fingerprint density at radius 1 is 1.05 bits per heavy atom. The normalized spacial score (nSPS) is 9.95. The Balaban J connectivity index is 2.15. The molecule has 0 saturated carbocycles. The quantitative estimate of drug-likeness (QED) is 0.734. The minimum Gasteiger partial charge on any atom is -0.497 e. The summed E-state index contributed by atoms with van der Waals surface area (Å²) in [5, 5.41) is 2.76.